The third-order valence-electron chi connectivity index (χ3n) is 6.19. The summed E-state index contributed by atoms with van der Waals surface area (Å²) in [5.74, 6) is 1.14. The van der Waals surface area contributed by atoms with Crippen LogP contribution in [-0.4, -0.2) is 41.9 Å². The predicted molar refractivity (Wildman–Crippen MR) is 130 cm³/mol. The highest BCUT2D eigenvalue weighted by molar-refractivity contribution is 7.89. The van der Waals surface area contributed by atoms with Crippen molar-refractivity contribution in [1.82, 2.24) is 14.4 Å². The lowest BCUT2D eigenvalue weighted by molar-refractivity contribution is -0.116. The van der Waals surface area contributed by atoms with Gasteiger partial charge in [0, 0.05) is 37.2 Å². The Morgan fingerprint density at radius 2 is 1.82 bits per heavy atom. The minimum absolute atomic E-state index is 0.130. The number of nitrogens with zero attached hydrogens (tertiary/aromatic N) is 3. The molecule has 8 nitrogen and oxygen atoms in total. The highest BCUT2D eigenvalue weighted by atomic mass is 32.2. The van der Waals surface area contributed by atoms with Crippen molar-refractivity contribution >= 4 is 21.6 Å². The summed E-state index contributed by atoms with van der Waals surface area (Å²) in [7, 11) is -3.50. The van der Waals surface area contributed by atoms with Gasteiger partial charge in [-0.2, -0.15) is 9.29 Å². The second kappa shape index (κ2) is 10.1. The number of nitrogens with one attached hydrogen (secondary N) is 1. The quantitative estimate of drug-likeness (QED) is 0.537. The molecule has 0 saturated carbocycles. The molecule has 1 saturated heterocycles. The number of benzene rings is 2. The molecule has 0 atom stereocenters. The maximum Gasteiger partial charge on any atom is 0.243 e. The minimum Gasteiger partial charge on any atom is -0.339 e. The highest BCUT2D eigenvalue weighted by Gasteiger charge is 2.28. The number of carbonyl (C=O) groups excluding carboxylic acids is 1. The zero-order valence-electron chi connectivity index (χ0n) is 19.7. The summed E-state index contributed by atoms with van der Waals surface area (Å²) in [5, 5.41) is 6.91. The van der Waals surface area contributed by atoms with E-state index in [4.69, 9.17) is 4.52 Å². The van der Waals surface area contributed by atoms with Gasteiger partial charge in [0.05, 0.1) is 4.90 Å². The van der Waals surface area contributed by atoms with Gasteiger partial charge in [-0.1, -0.05) is 24.2 Å². The van der Waals surface area contributed by atoms with Crippen LogP contribution in [0.3, 0.4) is 0 Å². The lowest BCUT2D eigenvalue weighted by Gasteiger charge is -2.29. The van der Waals surface area contributed by atoms with Crippen molar-refractivity contribution in [3.63, 3.8) is 0 Å². The molecule has 1 N–H and O–H groups in total. The van der Waals surface area contributed by atoms with Gasteiger partial charge in [-0.15, -0.1) is 0 Å². The van der Waals surface area contributed by atoms with E-state index < -0.39 is 10.0 Å². The van der Waals surface area contributed by atoms with E-state index in [1.54, 1.807) is 28.6 Å². The van der Waals surface area contributed by atoms with Gasteiger partial charge in [0.2, 0.25) is 27.6 Å². The lowest BCUT2D eigenvalue weighted by atomic mass is 10.0. The monoisotopic (exact) mass is 482 g/mol. The number of sulfonamides is 1. The van der Waals surface area contributed by atoms with Gasteiger partial charge in [-0.05, 0) is 74.1 Å². The van der Waals surface area contributed by atoms with Gasteiger partial charge in [0.15, 0.2) is 0 Å². The van der Waals surface area contributed by atoms with Crippen LogP contribution in [0.1, 0.15) is 43.2 Å². The maximum atomic E-state index is 12.9. The van der Waals surface area contributed by atoms with Crippen LogP contribution in [0.4, 0.5) is 5.69 Å². The molecule has 1 aliphatic heterocycles. The second-order valence-corrected chi connectivity index (χ2v) is 10.9. The average Bonchev–Trinajstić information content (AvgIpc) is 3.30. The summed E-state index contributed by atoms with van der Waals surface area (Å²) >= 11 is 0. The summed E-state index contributed by atoms with van der Waals surface area (Å²) in [4.78, 5) is 17.0. The smallest absolute Gasteiger partial charge is 0.243 e. The number of aromatic nitrogens is 2. The van der Waals surface area contributed by atoms with Crippen LogP contribution in [0.5, 0.6) is 0 Å². The first-order valence-electron chi connectivity index (χ1n) is 11.5. The van der Waals surface area contributed by atoms with Gasteiger partial charge in [0.25, 0.3) is 0 Å². The Kier molecular flexibility index (Phi) is 7.13. The number of hydrogen-bond donors (Lipinski definition) is 1. The zero-order valence-corrected chi connectivity index (χ0v) is 20.6. The summed E-state index contributed by atoms with van der Waals surface area (Å²) in [5.41, 5.74) is 3.53. The normalized spacial score (nSPS) is 15.4. The van der Waals surface area contributed by atoms with E-state index in [9.17, 15) is 13.2 Å². The standard InChI is InChI=1S/C25H30N4O4S/c1-17-12-14-29(15-13-17)34(31,32)21-8-6-20(7-9-21)25-27-24(33-28-25)11-10-23(30)26-22-16-18(2)4-5-19(22)3/h4-9,16-17H,10-15H2,1-3H3,(H,26,30). The van der Waals surface area contributed by atoms with E-state index in [-0.39, 0.29) is 17.2 Å². The molecule has 3 aromatic rings. The van der Waals surface area contributed by atoms with Crippen molar-refractivity contribution in [2.75, 3.05) is 18.4 Å². The van der Waals surface area contributed by atoms with Crippen molar-refractivity contribution < 1.29 is 17.7 Å². The van der Waals surface area contributed by atoms with Crippen molar-refractivity contribution in [2.45, 2.75) is 51.3 Å². The number of aryl methyl sites for hydroxylation is 3. The first kappa shape index (κ1) is 24.1. The van der Waals surface area contributed by atoms with E-state index in [1.807, 2.05) is 32.0 Å². The van der Waals surface area contributed by atoms with E-state index >= 15 is 0 Å². The van der Waals surface area contributed by atoms with Crippen molar-refractivity contribution in [2.24, 2.45) is 5.92 Å². The Balaban J connectivity index is 1.36. The summed E-state index contributed by atoms with van der Waals surface area (Å²) < 4.78 is 32.7. The van der Waals surface area contributed by atoms with Gasteiger partial charge in [-0.25, -0.2) is 8.42 Å². The number of carbonyl (C=O) groups is 1. The summed E-state index contributed by atoms with van der Waals surface area (Å²) in [6, 6.07) is 12.4. The number of piperidine rings is 1. The number of anilines is 1. The van der Waals surface area contributed by atoms with E-state index in [0.717, 1.165) is 29.7 Å². The molecule has 1 fully saturated rings. The largest absolute Gasteiger partial charge is 0.339 e. The molecule has 1 amide bonds. The van der Waals surface area contributed by atoms with E-state index in [0.29, 0.717) is 42.7 Å². The molecule has 2 aromatic carbocycles. The molecule has 0 aliphatic carbocycles. The Hall–Kier alpha value is -3.04. The highest BCUT2D eigenvalue weighted by Crippen LogP contribution is 2.25. The van der Waals surface area contributed by atoms with Crippen LogP contribution in [0.25, 0.3) is 11.4 Å². The molecule has 0 spiro atoms. The van der Waals surface area contributed by atoms with Gasteiger partial charge >= 0.3 is 0 Å². The summed E-state index contributed by atoms with van der Waals surface area (Å²) in [6.07, 6.45) is 2.28. The molecular formula is C25H30N4O4S. The van der Waals surface area contributed by atoms with E-state index in [1.165, 1.54) is 0 Å². The van der Waals surface area contributed by atoms with Crippen molar-refractivity contribution in [3.8, 4) is 11.4 Å². The minimum atomic E-state index is -3.50. The number of amides is 1. The molecule has 34 heavy (non-hydrogen) atoms. The molecule has 4 rings (SSSR count). The molecule has 9 heteroatoms. The van der Waals surface area contributed by atoms with Crippen LogP contribution < -0.4 is 5.32 Å². The Morgan fingerprint density at radius 1 is 1.12 bits per heavy atom. The molecule has 0 bridgehead atoms. The van der Waals surface area contributed by atoms with E-state index in [2.05, 4.69) is 22.4 Å². The molecule has 180 valence electrons. The topological polar surface area (TPSA) is 105 Å². The van der Waals surface area contributed by atoms with Crippen molar-refractivity contribution in [3.05, 3.63) is 59.5 Å². The molecule has 0 radical (unpaired) electrons. The summed E-state index contributed by atoms with van der Waals surface area (Å²) in [6.45, 7) is 7.18. The lowest BCUT2D eigenvalue weighted by Crippen LogP contribution is -2.37. The van der Waals surface area contributed by atoms with Crippen LogP contribution >= 0.6 is 0 Å². The van der Waals surface area contributed by atoms with Gasteiger partial charge in [-0.3, -0.25) is 4.79 Å². The number of rotatable bonds is 7. The fourth-order valence-electron chi connectivity index (χ4n) is 3.93. The SMILES string of the molecule is Cc1ccc(C)c(NC(=O)CCc2nc(-c3ccc(S(=O)(=O)N4CCC(C)CC4)cc3)no2)c1. The molecule has 2 heterocycles. The fourth-order valence-corrected chi connectivity index (χ4v) is 5.40. The Morgan fingerprint density at radius 3 is 2.53 bits per heavy atom. The average molecular weight is 483 g/mol. The Bertz CT molecular complexity index is 1260. The fraction of sp³-hybridized carbons (Fsp3) is 0.400. The van der Waals surface area contributed by atoms with Crippen LogP contribution in [0, 0.1) is 19.8 Å². The molecule has 0 unspecified atom stereocenters. The third-order valence-corrected chi connectivity index (χ3v) is 8.11. The first-order chi connectivity index (χ1) is 16.2. The zero-order chi connectivity index (χ0) is 24.3. The van der Waals surface area contributed by atoms with Gasteiger partial charge < -0.3 is 9.84 Å². The third kappa shape index (κ3) is 5.53. The maximum absolute atomic E-state index is 12.9. The first-order valence-corrected chi connectivity index (χ1v) is 13.0. The molecule has 1 aliphatic rings. The second-order valence-electron chi connectivity index (χ2n) is 8.99. The van der Waals surface area contributed by atoms with Crippen LogP contribution in [-0.2, 0) is 21.2 Å². The van der Waals surface area contributed by atoms with Gasteiger partial charge in [0.1, 0.15) is 0 Å². The predicted octanol–water partition coefficient (Wildman–Crippen LogP) is 4.35. The molecular weight excluding hydrogens is 452 g/mol. The Labute approximate surface area is 200 Å². The van der Waals surface area contributed by atoms with Crippen molar-refractivity contribution in [1.29, 1.82) is 0 Å². The van der Waals surface area contributed by atoms with Crippen LogP contribution in [0.15, 0.2) is 51.9 Å². The molecule has 1 aromatic heterocycles. The number of hydrogen-bond acceptors (Lipinski definition) is 6. The van der Waals surface area contributed by atoms with Crippen LogP contribution in [0.2, 0.25) is 0 Å².